The fraction of sp³-hybridized carbons (Fsp3) is 0.154. The van der Waals surface area contributed by atoms with Gasteiger partial charge in [0.25, 0.3) is 0 Å². The summed E-state index contributed by atoms with van der Waals surface area (Å²) in [5.41, 5.74) is 4.11. The van der Waals surface area contributed by atoms with Gasteiger partial charge < -0.3 is 0 Å². The van der Waals surface area contributed by atoms with Crippen molar-refractivity contribution in [3.8, 4) is 0 Å². The van der Waals surface area contributed by atoms with E-state index in [1.54, 1.807) is 12.3 Å². The molecule has 2 rings (SSSR count). The van der Waals surface area contributed by atoms with E-state index >= 15 is 0 Å². The molecule has 0 saturated carbocycles. The average molecular weight is 249 g/mol. The van der Waals surface area contributed by atoms with Crippen LogP contribution in [0.1, 0.15) is 22.9 Å². The smallest absolute Gasteiger partial charge is 0.128 e. The van der Waals surface area contributed by atoms with Crippen molar-refractivity contribution in [2.45, 2.75) is 13.0 Å². The minimum Gasteiger partial charge on any atom is -0.271 e. The van der Waals surface area contributed by atoms with Gasteiger partial charge in [-0.25, -0.2) is 14.2 Å². The van der Waals surface area contributed by atoms with Crippen LogP contribution in [0.2, 0.25) is 0 Å². The minimum atomic E-state index is -0.680. The zero-order valence-electron chi connectivity index (χ0n) is 9.82. The first-order chi connectivity index (χ1) is 8.61. The first kappa shape index (κ1) is 12.6. The molecule has 0 bridgehead atoms. The molecule has 1 heterocycles. The summed E-state index contributed by atoms with van der Waals surface area (Å²) in [4.78, 5) is 4.13. The number of pyridine rings is 1. The molecule has 1 unspecified atom stereocenters. The molecule has 0 radical (unpaired) electrons. The summed E-state index contributed by atoms with van der Waals surface area (Å²) in [6.45, 7) is 1.89. The van der Waals surface area contributed by atoms with E-state index in [1.807, 2.05) is 13.0 Å². The second kappa shape index (κ2) is 5.20. The first-order valence-corrected chi connectivity index (χ1v) is 5.45. The Balaban J connectivity index is 2.48. The highest BCUT2D eigenvalue weighted by Crippen LogP contribution is 2.23. The van der Waals surface area contributed by atoms with Crippen LogP contribution in [0.15, 0.2) is 36.5 Å². The van der Waals surface area contributed by atoms with Crippen LogP contribution in [0, 0.1) is 18.6 Å². The Bertz CT molecular complexity index is 558. The van der Waals surface area contributed by atoms with Gasteiger partial charge in [-0.3, -0.25) is 10.8 Å². The number of nitrogens with one attached hydrogen (secondary N) is 1. The minimum absolute atomic E-state index is 0.135. The molecule has 1 atom stereocenters. The summed E-state index contributed by atoms with van der Waals surface area (Å²) >= 11 is 0. The van der Waals surface area contributed by atoms with Crippen molar-refractivity contribution in [2.75, 3.05) is 0 Å². The highest BCUT2D eigenvalue weighted by atomic mass is 19.1. The SMILES string of the molecule is Cc1ccnc(C(NN)c2cc(F)ccc2F)c1. The summed E-state index contributed by atoms with van der Waals surface area (Å²) in [6, 6.07) is 6.17. The van der Waals surface area contributed by atoms with Crippen molar-refractivity contribution in [3.05, 3.63) is 65.0 Å². The lowest BCUT2D eigenvalue weighted by molar-refractivity contribution is 0.539. The number of hydrogen-bond acceptors (Lipinski definition) is 3. The Labute approximate surface area is 104 Å². The molecule has 0 aliphatic carbocycles. The number of halogens is 2. The van der Waals surface area contributed by atoms with E-state index in [1.165, 1.54) is 0 Å². The Morgan fingerprint density at radius 2 is 2.00 bits per heavy atom. The zero-order valence-corrected chi connectivity index (χ0v) is 9.82. The highest BCUT2D eigenvalue weighted by molar-refractivity contribution is 5.30. The first-order valence-electron chi connectivity index (χ1n) is 5.45. The lowest BCUT2D eigenvalue weighted by atomic mass is 10.0. The van der Waals surface area contributed by atoms with Crippen LogP contribution in [-0.4, -0.2) is 4.98 Å². The fourth-order valence-corrected chi connectivity index (χ4v) is 1.79. The molecule has 0 saturated heterocycles. The number of aromatic nitrogens is 1. The van der Waals surface area contributed by atoms with Crippen LogP contribution in [0.4, 0.5) is 8.78 Å². The number of hydrazine groups is 1. The average Bonchev–Trinajstić information content (AvgIpc) is 2.35. The topological polar surface area (TPSA) is 50.9 Å². The van der Waals surface area contributed by atoms with Gasteiger partial charge in [-0.2, -0.15) is 0 Å². The molecule has 2 aromatic rings. The molecule has 0 fully saturated rings. The summed E-state index contributed by atoms with van der Waals surface area (Å²) in [7, 11) is 0. The number of nitrogens with zero attached hydrogens (tertiary/aromatic N) is 1. The van der Waals surface area contributed by atoms with Crippen molar-refractivity contribution in [1.29, 1.82) is 0 Å². The van der Waals surface area contributed by atoms with Gasteiger partial charge in [0, 0.05) is 11.8 Å². The fourth-order valence-electron chi connectivity index (χ4n) is 1.79. The van der Waals surface area contributed by atoms with Gasteiger partial charge in [-0.15, -0.1) is 0 Å². The maximum atomic E-state index is 13.7. The number of nitrogens with two attached hydrogens (primary N) is 1. The van der Waals surface area contributed by atoms with Crippen molar-refractivity contribution < 1.29 is 8.78 Å². The summed E-state index contributed by atoms with van der Waals surface area (Å²) in [5, 5.41) is 0. The van der Waals surface area contributed by atoms with Crippen molar-refractivity contribution in [1.82, 2.24) is 10.4 Å². The third-order valence-electron chi connectivity index (χ3n) is 2.67. The van der Waals surface area contributed by atoms with Gasteiger partial charge in [0.15, 0.2) is 0 Å². The number of aryl methyl sites for hydroxylation is 1. The van der Waals surface area contributed by atoms with Crippen LogP contribution in [0.25, 0.3) is 0 Å². The quantitative estimate of drug-likeness (QED) is 0.647. The largest absolute Gasteiger partial charge is 0.271 e. The number of rotatable bonds is 3. The maximum Gasteiger partial charge on any atom is 0.128 e. The van der Waals surface area contributed by atoms with Crippen LogP contribution < -0.4 is 11.3 Å². The molecule has 0 aliphatic rings. The predicted molar refractivity (Wildman–Crippen MR) is 64.5 cm³/mol. The van der Waals surface area contributed by atoms with Gasteiger partial charge in [-0.1, -0.05) is 0 Å². The number of hydrogen-bond donors (Lipinski definition) is 2. The van der Waals surface area contributed by atoms with Gasteiger partial charge >= 0.3 is 0 Å². The molecular formula is C13H13F2N3. The predicted octanol–water partition coefficient (Wildman–Crippen LogP) is 2.22. The van der Waals surface area contributed by atoms with Crippen LogP contribution in [-0.2, 0) is 0 Å². The second-order valence-corrected chi connectivity index (χ2v) is 4.02. The molecule has 5 heteroatoms. The van der Waals surface area contributed by atoms with E-state index in [0.717, 1.165) is 23.8 Å². The zero-order chi connectivity index (χ0) is 13.1. The normalized spacial score (nSPS) is 12.4. The van der Waals surface area contributed by atoms with Gasteiger partial charge in [0.05, 0.1) is 11.7 Å². The standard InChI is InChI=1S/C13H13F2N3/c1-8-4-5-17-12(6-8)13(18-16)10-7-9(14)2-3-11(10)15/h2-7,13,18H,16H2,1H3. The van der Waals surface area contributed by atoms with Gasteiger partial charge in [0.2, 0.25) is 0 Å². The lowest BCUT2D eigenvalue weighted by Gasteiger charge is -2.17. The van der Waals surface area contributed by atoms with Crippen molar-refractivity contribution >= 4 is 0 Å². The molecule has 1 aromatic carbocycles. The molecule has 0 spiro atoms. The van der Waals surface area contributed by atoms with E-state index in [-0.39, 0.29) is 5.56 Å². The molecule has 1 aromatic heterocycles. The monoisotopic (exact) mass is 249 g/mol. The number of benzene rings is 1. The Kier molecular flexibility index (Phi) is 3.64. The second-order valence-electron chi connectivity index (χ2n) is 4.02. The summed E-state index contributed by atoms with van der Waals surface area (Å²) < 4.78 is 26.9. The summed E-state index contributed by atoms with van der Waals surface area (Å²) in [6.07, 6.45) is 1.60. The van der Waals surface area contributed by atoms with E-state index in [2.05, 4.69) is 10.4 Å². The third-order valence-corrected chi connectivity index (χ3v) is 2.67. The van der Waals surface area contributed by atoms with Crippen LogP contribution in [0.3, 0.4) is 0 Å². The summed E-state index contributed by atoms with van der Waals surface area (Å²) in [5.74, 6) is 4.39. The molecule has 18 heavy (non-hydrogen) atoms. The van der Waals surface area contributed by atoms with Crippen LogP contribution in [0.5, 0.6) is 0 Å². The van der Waals surface area contributed by atoms with E-state index in [4.69, 9.17) is 5.84 Å². The van der Waals surface area contributed by atoms with Crippen molar-refractivity contribution in [2.24, 2.45) is 5.84 Å². The Hall–Kier alpha value is -1.85. The van der Waals surface area contributed by atoms with Crippen LogP contribution >= 0.6 is 0 Å². The molecule has 0 aliphatic heterocycles. The maximum absolute atomic E-state index is 13.7. The lowest BCUT2D eigenvalue weighted by Crippen LogP contribution is -2.30. The van der Waals surface area contributed by atoms with E-state index in [9.17, 15) is 8.78 Å². The molecule has 0 amide bonds. The third kappa shape index (κ3) is 2.52. The molecule has 3 N–H and O–H groups in total. The van der Waals surface area contributed by atoms with E-state index < -0.39 is 17.7 Å². The Morgan fingerprint density at radius 3 is 2.67 bits per heavy atom. The van der Waals surface area contributed by atoms with Gasteiger partial charge in [0.1, 0.15) is 11.6 Å². The van der Waals surface area contributed by atoms with Crippen molar-refractivity contribution in [3.63, 3.8) is 0 Å². The molecular weight excluding hydrogens is 236 g/mol. The Morgan fingerprint density at radius 1 is 1.22 bits per heavy atom. The van der Waals surface area contributed by atoms with E-state index in [0.29, 0.717) is 5.69 Å². The molecule has 3 nitrogen and oxygen atoms in total. The van der Waals surface area contributed by atoms with Gasteiger partial charge in [-0.05, 0) is 42.8 Å². The molecule has 94 valence electrons. The highest BCUT2D eigenvalue weighted by Gasteiger charge is 2.18.